The molecule has 2 atom stereocenters. The van der Waals surface area contributed by atoms with E-state index in [-0.39, 0.29) is 5.75 Å². The van der Waals surface area contributed by atoms with E-state index in [9.17, 15) is 14.7 Å². The molecule has 1 amide bonds. The van der Waals surface area contributed by atoms with Crippen LogP contribution in [0.15, 0.2) is 48.5 Å². The van der Waals surface area contributed by atoms with Gasteiger partial charge >= 0.3 is 12.1 Å². The first-order valence-electron chi connectivity index (χ1n) is 7.56. The number of methoxy groups -OCH3 is 2. The van der Waals surface area contributed by atoms with Crippen molar-refractivity contribution in [1.82, 2.24) is 0 Å². The van der Waals surface area contributed by atoms with Crippen LogP contribution in [-0.4, -0.2) is 37.4 Å². The zero-order chi connectivity index (χ0) is 18.0. The highest BCUT2D eigenvalue weighted by Gasteiger charge is 2.49. The maximum absolute atomic E-state index is 12.5. The second kappa shape index (κ2) is 6.72. The molecule has 2 aromatic carbocycles. The van der Waals surface area contributed by atoms with Crippen molar-refractivity contribution >= 4 is 17.7 Å². The van der Waals surface area contributed by atoms with E-state index in [0.29, 0.717) is 17.0 Å². The number of cyclic esters (lactones) is 1. The number of aromatic hydroxyl groups is 1. The predicted molar refractivity (Wildman–Crippen MR) is 88.6 cm³/mol. The monoisotopic (exact) mass is 343 g/mol. The van der Waals surface area contributed by atoms with Gasteiger partial charge in [0, 0.05) is 11.3 Å². The van der Waals surface area contributed by atoms with E-state index in [4.69, 9.17) is 14.2 Å². The Labute approximate surface area is 144 Å². The fraction of sp³-hybridized carbons (Fsp3) is 0.222. The number of carbonyl (C=O) groups excluding carboxylic acids is 2. The number of para-hydroxylation sites is 1. The molecule has 0 aliphatic carbocycles. The average Bonchev–Trinajstić information content (AvgIpc) is 2.98. The Balaban J connectivity index is 2.07. The third kappa shape index (κ3) is 2.96. The van der Waals surface area contributed by atoms with Crippen molar-refractivity contribution in [2.75, 3.05) is 19.1 Å². The number of rotatable bonds is 4. The highest BCUT2D eigenvalue weighted by molar-refractivity contribution is 5.99. The van der Waals surface area contributed by atoms with Crippen LogP contribution in [0.25, 0.3) is 0 Å². The Kier molecular flexibility index (Phi) is 4.47. The van der Waals surface area contributed by atoms with Crippen LogP contribution in [0.2, 0.25) is 0 Å². The van der Waals surface area contributed by atoms with Gasteiger partial charge in [0.1, 0.15) is 11.5 Å². The predicted octanol–water partition coefficient (Wildman–Crippen LogP) is 2.64. The van der Waals surface area contributed by atoms with Gasteiger partial charge < -0.3 is 19.3 Å². The summed E-state index contributed by atoms with van der Waals surface area (Å²) >= 11 is 0. The van der Waals surface area contributed by atoms with Crippen molar-refractivity contribution in [1.29, 1.82) is 0 Å². The highest BCUT2D eigenvalue weighted by Crippen LogP contribution is 2.40. The highest BCUT2D eigenvalue weighted by atomic mass is 16.6. The molecule has 1 N–H and O–H groups in total. The van der Waals surface area contributed by atoms with Crippen molar-refractivity contribution in [2.45, 2.75) is 12.1 Å². The molecule has 130 valence electrons. The molecule has 2 unspecified atom stereocenters. The van der Waals surface area contributed by atoms with Gasteiger partial charge in [-0.2, -0.15) is 0 Å². The van der Waals surface area contributed by atoms with Gasteiger partial charge in [0.05, 0.1) is 14.2 Å². The molecule has 25 heavy (non-hydrogen) atoms. The number of hydrogen-bond donors (Lipinski definition) is 1. The number of anilines is 1. The van der Waals surface area contributed by atoms with E-state index in [1.54, 1.807) is 24.3 Å². The number of esters is 1. The van der Waals surface area contributed by atoms with Gasteiger partial charge in [0.25, 0.3) is 0 Å². The SMILES string of the molecule is COC(=O)C1C(c2ccccc2OC)OC(=O)N1c1ccc(O)cc1. The van der Waals surface area contributed by atoms with E-state index in [0.717, 1.165) is 0 Å². The second-order valence-corrected chi connectivity index (χ2v) is 5.40. The molecule has 0 saturated carbocycles. The molecule has 1 fully saturated rings. The smallest absolute Gasteiger partial charge is 0.415 e. The maximum atomic E-state index is 12.5. The average molecular weight is 343 g/mol. The van der Waals surface area contributed by atoms with Crippen LogP contribution >= 0.6 is 0 Å². The first-order chi connectivity index (χ1) is 12.1. The van der Waals surface area contributed by atoms with Gasteiger partial charge in [-0.25, -0.2) is 9.59 Å². The van der Waals surface area contributed by atoms with E-state index in [2.05, 4.69) is 0 Å². The number of nitrogens with zero attached hydrogens (tertiary/aromatic N) is 1. The normalized spacial score (nSPS) is 19.4. The topological polar surface area (TPSA) is 85.3 Å². The Morgan fingerprint density at radius 2 is 1.80 bits per heavy atom. The Bertz CT molecular complexity index is 788. The molecule has 0 aromatic heterocycles. The number of benzene rings is 2. The van der Waals surface area contributed by atoms with Crippen LogP contribution < -0.4 is 9.64 Å². The van der Waals surface area contributed by atoms with Gasteiger partial charge in [0.15, 0.2) is 12.1 Å². The van der Waals surface area contributed by atoms with Crippen LogP contribution in [0.4, 0.5) is 10.5 Å². The first kappa shape index (κ1) is 16.6. The summed E-state index contributed by atoms with van der Waals surface area (Å²) in [6.45, 7) is 0. The largest absolute Gasteiger partial charge is 0.508 e. The molecular formula is C18H17NO6. The van der Waals surface area contributed by atoms with Gasteiger partial charge in [-0.1, -0.05) is 18.2 Å². The zero-order valence-electron chi connectivity index (χ0n) is 13.7. The Hall–Kier alpha value is -3.22. The molecule has 1 aliphatic rings. The summed E-state index contributed by atoms with van der Waals surface area (Å²) in [6, 6.07) is 11.9. The van der Waals surface area contributed by atoms with Crippen molar-refractivity contribution in [3.05, 3.63) is 54.1 Å². The van der Waals surface area contributed by atoms with Crippen molar-refractivity contribution in [3.63, 3.8) is 0 Å². The molecule has 2 aromatic rings. The molecule has 3 rings (SSSR count). The quantitative estimate of drug-likeness (QED) is 0.859. The fourth-order valence-corrected chi connectivity index (χ4v) is 2.84. The fourth-order valence-electron chi connectivity index (χ4n) is 2.84. The summed E-state index contributed by atoms with van der Waals surface area (Å²) in [5.74, 6) is -0.0659. The minimum Gasteiger partial charge on any atom is -0.508 e. The number of phenols is 1. The van der Waals surface area contributed by atoms with Crippen molar-refractivity contribution in [2.24, 2.45) is 0 Å². The number of hydrogen-bond acceptors (Lipinski definition) is 6. The van der Waals surface area contributed by atoms with Crippen LogP contribution in [0.1, 0.15) is 11.7 Å². The molecule has 0 spiro atoms. The second-order valence-electron chi connectivity index (χ2n) is 5.40. The van der Waals surface area contributed by atoms with Crippen molar-refractivity contribution in [3.8, 4) is 11.5 Å². The third-order valence-electron chi connectivity index (χ3n) is 4.01. The molecule has 7 heteroatoms. The van der Waals surface area contributed by atoms with Crippen LogP contribution in [0, 0.1) is 0 Å². The van der Waals surface area contributed by atoms with E-state index in [1.807, 2.05) is 0 Å². The van der Waals surface area contributed by atoms with Gasteiger partial charge in [-0.15, -0.1) is 0 Å². The van der Waals surface area contributed by atoms with Gasteiger partial charge in [-0.3, -0.25) is 4.90 Å². The summed E-state index contributed by atoms with van der Waals surface area (Å²) in [4.78, 5) is 26.1. The standard InChI is InChI=1S/C18H17NO6/c1-23-14-6-4-3-5-13(14)16-15(17(21)24-2)19(18(22)25-16)11-7-9-12(20)10-8-11/h3-10,15-16,20H,1-2H3. The number of ether oxygens (including phenoxy) is 3. The third-order valence-corrected chi connectivity index (χ3v) is 4.01. The van der Waals surface area contributed by atoms with Crippen LogP contribution in [0.3, 0.4) is 0 Å². The number of carbonyl (C=O) groups is 2. The summed E-state index contributed by atoms with van der Waals surface area (Å²) in [6.07, 6.45) is -1.57. The van der Waals surface area contributed by atoms with Gasteiger partial charge in [-0.05, 0) is 30.3 Å². The summed E-state index contributed by atoms with van der Waals surface area (Å²) in [7, 11) is 2.75. The molecule has 1 heterocycles. The minimum absolute atomic E-state index is 0.0483. The van der Waals surface area contributed by atoms with E-state index < -0.39 is 24.2 Å². The van der Waals surface area contributed by atoms with Crippen molar-refractivity contribution < 1.29 is 28.9 Å². The number of phenolic OH excluding ortho intramolecular Hbond substituents is 1. The molecule has 1 aliphatic heterocycles. The lowest BCUT2D eigenvalue weighted by Gasteiger charge is -2.23. The zero-order valence-corrected chi connectivity index (χ0v) is 13.7. The molecule has 7 nitrogen and oxygen atoms in total. The Morgan fingerprint density at radius 3 is 2.44 bits per heavy atom. The molecule has 0 bridgehead atoms. The van der Waals surface area contributed by atoms with Crippen LogP contribution in [-0.2, 0) is 14.3 Å². The van der Waals surface area contributed by atoms with E-state index in [1.165, 1.54) is 43.4 Å². The molecular weight excluding hydrogens is 326 g/mol. The Morgan fingerprint density at radius 1 is 1.12 bits per heavy atom. The number of amides is 1. The first-order valence-corrected chi connectivity index (χ1v) is 7.56. The lowest BCUT2D eigenvalue weighted by molar-refractivity contribution is -0.143. The van der Waals surface area contributed by atoms with Gasteiger partial charge in [0.2, 0.25) is 0 Å². The molecule has 1 saturated heterocycles. The lowest BCUT2D eigenvalue weighted by Crippen LogP contribution is -2.41. The summed E-state index contributed by atoms with van der Waals surface area (Å²) in [5.41, 5.74) is 0.977. The van der Waals surface area contributed by atoms with Crippen LogP contribution in [0.5, 0.6) is 11.5 Å². The maximum Gasteiger partial charge on any atom is 0.415 e. The van der Waals surface area contributed by atoms with E-state index >= 15 is 0 Å². The summed E-state index contributed by atoms with van der Waals surface area (Å²) in [5, 5.41) is 9.44. The minimum atomic E-state index is -1.02. The molecule has 0 radical (unpaired) electrons. The lowest BCUT2D eigenvalue weighted by atomic mass is 10.0. The summed E-state index contributed by atoms with van der Waals surface area (Å²) < 4.78 is 15.7.